The Morgan fingerprint density at radius 2 is 1.88 bits per heavy atom. The van der Waals surface area contributed by atoms with Crippen LogP contribution in [0.15, 0.2) is 42.5 Å². The fourth-order valence-electron chi connectivity index (χ4n) is 2.19. The molecule has 0 spiro atoms. The zero-order valence-corrected chi connectivity index (χ0v) is 14.9. The van der Waals surface area contributed by atoms with E-state index in [-0.39, 0.29) is 17.5 Å². The molecule has 0 bridgehead atoms. The fourth-order valence-corrected chi connectivity index (χ4v) is 2.34. The van der Waals surface area contributed by atoms with E-state index in [0.717, 1.165) is 23.2 Å². The summed E-state index contributed by atoms with van der Waals surface area (Å²) in [5, 5.41) is 3.37. The van der Waals surface area contributed by atoms with Crippen LogP contribution in [0.4, 0.5) is 10.1 Å². The van der Waals surface area contributed by atoms with Gasteiger partial charge in [-0.05, 0) is 61.0 Å². The number of aryl methyl sites for hydroxylation is 2. The molecule has 1 amide bonds. The van der Waals surface area contributed by atoms with Gasteiger partial charge in [-0.3, -0.25) is 15.6 Å². The molecule has 0 aromatic heterocycles. The summed E-state index contributed by atoms with van der Waals surface area (Å²) in [4.78, 5) is 11.8. The second-order valence-corrected chi connectivity index (χ2v) is 5.74. The minimum absolute atomic E-state index is 0.216. The highest BCUT2D eigenvalue weighted by Crippen LogP contribution is 2.20. The number of halogens is 1. The van der Waals surface area contributed by atoms with Gasteiger partial charge < -0.3 is 10.1 Å². The highest BCUT2D eigenvalue weighted by atomic mass is 32.1. The molecule has 7 heteroatoms. The van der Waals surface area contributed by atoms with Gasteiger partial charge in [-0.15, -0.1) is 0 Å². The Balaban J connectivity index is 1.80. The number of benzene rings is 2. The minimum Gasteiger partial charge on any atom is -0.484 e. The van der Waals surface area contributed by atoms with Crippen molar-refractivity contribution < 1.29 is 13.9 Å². The standard InChI is InChI=1S/C18H20FN3O2S/c1-3-13-6-4-5-12(2)17(13)20-18(25)22-21-16(23)11-24-15-9-7-14(19)8-10-15/h4-10H,3,11H2,1-2H3,(H,21,23)(H2,20,22,25). The molecule has 2 aromatic carbocycles. The van der Waals surface area contributed by atoms with E-state index < -0.39 is 5.91 Å². The zero-order valence-electron chi connectivity index (χ0n) is 14.1. The molecule has 5 nitrogen and oxygen atoms in total. The summed E-state index contributed by atoms with van der Waals surface area (Å²) in [6, 6.07) is 11.4. The van der Waals surface area contributed by atoms with E-state index in [1.54, 1.807) is 0 Å². The number of thiocarbonyl (C=S) groups is 1. The predicted octanol–water partition coefficient (Wildman–Crippen LogP) is 3.09. The van der Waals surface area contributed by atoms with Crippen LogP contribution in [0.3, 0.4) is 0 Å². The number of para-hydroxylation sites is 1. The van der Waals surface area contributed by atoms with E-state index in [2.05, 4.69) is 23.1 Å². The largest absolute Gasteiger partial charge is 0.484 e. The topological polar surface area (TPSA) is 62.4 Å². The van der Waals surface area contributed by atoms with Gasteiger partial charge in [-0.1, -0.05) is 25.1 Å². The molecule has 2 aromatic rings. The number of hydrogen-bond donors (Lipinski definition) is 3. The molecule has 132 valence electrons. The third kappa shape index (κ3) is 5.72. The predicted molar refractivity (Wildman–Crippen MR) is 100.0 cm³/mol. The highest BCUT2D eigenvalue weighted by molar-refractivity contribution is 7.80. The van der Waals surface area contributed by atoms with E-state index in [1.807, 2.05) is 25.1 Å². The van der Waals surface area contributed by atoms with Gasteiger partial charge in [0, 0.05) is 5.69 Å². The van der Waals surface area contributed by atoms with Gasteiger partial charge in [0.05, 0.1) is 0 Å². The molecular formula is C18H20FN3O2S. The van der Waals surface area contributed by atoms with Gasteiger partial charge in [0.2, 0.25) is 0 Å². The van der Waals surface area contributed by atoms with Crippen molar-refractivity contribution in [1.82, 2.24) is 10.9 Å². The fraction of sp³-hybridized carbons (Fsp3) is 0.222. The quantitative estimate of drug-likeness (QED) is 0.564. The Hall–Kier alpha value is -2.67. The lowest BCUT2D eigenvalue weighted by molar-refractivity contribution is -0.123. The Bertz CT molecular complexity index is 750. The molecule has 2 rings (SSSR count). The maximum absolute atomic E-state index is 12.8. The van der Waals surface area contributed by atoms with Crippen molar-refractivity contribution in [3.63, 3.8) is 0 Å². The molecule has 0 aliphatic rings. The van der Waals surface area contributed by atoms with Gasteiger partial charge in [0.1, 0.15) is 11.6 Å². The summed E-state index contributed by atoms with van der Waals surface area (Å²) in [6.07, 6.45) is 0.866. The molecule has 0 atom stereocenters. The molecule has 0 heterocycles. The lowest BCUT2D eigenvalue weighted by atomic mass is 10.1. The summed E-state index contributed by atoms with van der Waals surface area (Å²) < 4.78 is 18.0. The number of hydrazine groups is 1. The molecule has 0 saturated heterocycles. The van der Waals surface area contributed by atoms with Gasteiger partial charge >= 0.3 is 0 Å². The molecule has 0 saturated carbocycles. The smallest absolute Gasteiger partial charge is 0.276 e. The maximum Gasteiger partial charge on any atom is 0.276 e. The second-order valence-electron chi connectivity index (χ2n) is 5.33. The zero-order chi connectivity index (χ0) is 18.2. The Morgan fingerprint density at radius 3 is 2.56 bits per heavy atom. The van der Waals surface area contributed by atoms with Crippen molar-refractivity contribution in [3.8, 4) is 5.75 Å². The molecule has 0 aliphatic carbocycles. The Labute approximate surface area is 151 Å². The number of carbonyl (C=O) groups excluding carboxylic acids is 1. The number of ether oxygens (including phenoxy) is 1. The number of hydrogen-bond acceptors (Lipinski definition) is 3. The first-order valence-corrected chi connectivity index (χ1v) is 8.23. The third-order valence-electron chi connectivity index (χ3n) is 3.48. The van der Waals surface area contributed by atoms with E-state index in [0.29, 0.717) is 5.75 Å². The van der Waals surface area contributed by atoms with Crippen molar-refractivity contribution in [3.05, 3.63) is 59.4 Å². The second kappa shape index (κ2) is 8.98. The normalized spacial score (nSPS) is 10.0. The van der Waals surface area contributed by atoms with Crippen LogP contribution < -0.4 is 20.9 Å². The van der Waals surface area contributed by atoms with Crippen LogP contribution in [-0.4, -0.2) is 17.6 Å². The maximum atomic E-state index is 12.8. The summed E-state index contributed by atoms with van der Waals surface area (Å²) in [5.41, 5.74) is 8.21. The average molecular weight is 361 g/mol. The van der Waals surface area contributed by atoms with Crippen LogP contribution in [0.2, 0.25) is 0 Å². The van der Waals surface area contributed by atoms with Gasteiger partial charge in [0.25, 0.3) is 5.91 Å². The van der Waals surface area contributed by atoms with E-state index in [1.165, 1.54) is 24.3 Å². The van der Waals surface area contributed by atoms with Crippen LogP contribution in [0.1, 0.15) is 18.1 Å². The average Bonchev–Trinajstić information content (AvgIpc) is 2.61. The Morgan fingerprint density at radius 1 is 1.16 bits per heavy atom. The SMILES string of the molecule is CCc1cccc(C)c1NC(=S)NNC(=O)COc1ccc(F)cc1. The van der Waals surface area contributed by atoms with Crippen LogP contribution in [-0.2, 0) is 11.2 Å². The van der Waals surface area contributed by atoms with Gasteiger partial charge in [-0.25, -0.2) is 4.39 Å². The first-order valence-electron chi connectivity index (χ1n) is 7.82. The molecule has 25 heavy (non-hydrogen) atoms. The van der Waals surface area contributed by atoms with E-state index in [9.17, 15) is 9.18 Å². The summed E-state index contributed by atoms with van der Waals surface area (Å²) in [7, 11) is 0. The summed E-state index contributed by atoms with van der Waals surface area (Å²) in [5.74, 6) is -0.365. The molecule has 3 N–H and O–H groups in total. The summed E-state index contributed by atoms with van der Waals surface area (Å²) in [6.45, 7) is 3.83. The molecule has 0 unspecified atom stereocenters. The van der Waals surface area contributed by atoms with Gasteiger partial charge in [0.15, 0.2) is 11.7 Å². The van der Waals surface area contributed by atoms with Crippen molar-refractivity contribution in [1.29, 1.82) is 0 Å². The molecule has 0 radical (unpaired) electrons. The number of carbonyl (C=O) groups is 1. The highest BCUT2D eigenvalue weighted by Gasteiger charge is 2.07. The summed E-state index contributed by atoms with van der Waals surface area (Å²) >= 11 is 5.19. The van der Waals surface area contributed by atoms with Crippen molar-refractivity contribution in [2.45, 2.75) is 20.3 Å². The van der Waals surface area contributed by atoms with Crippen LogP contribution in [0.5, 0.6) is 5.75 Å². The number of amides is 1. The van der Waals surface area contributed by atoms with E-state index >= 15 is 0 Å². The van der Waals surface area contributed by atoms with Gasteiger partial charge in [-0.2, -0.15) is 0 Å². The van der Waals surface area contributed by atoms with E-state index in [4.69, 9.17) is 17.0 Å². The molecule has 0 fully saturated rings. The lowest BCUT2D eigenvalue weighted by Gasteiger charge is -2.16. The van der Waals surface area contributed by atoms with Crippen molar-refractivity contribution >= 4 is 28.9 Å². The third-order valence-corrected chi connectivity index (χ3v) is 3.68. The lowest BCUT2D eigenvalue weighted by Crippen LogP contribution is -2.45. The minimum atomic E-state index is -0.408. The number of nitrogens with one attached hydrogen (secondary N) is 3. The molecular weight excluding hydrogens is 341 g/mol. The van der Waals surface area contributed by atoms with Crippen molar-refractivity contribution in [2.75, 3.05) is 11.9 Å². The first kappa shape index (κ1) is 18.7. The van der Waals surface area contributed by atoms with Crippen molar-refractivity contribution in [2.24, 2.45) is 0 Å². The first-order chi connectivity index (χ1) is 12.0. The number of rotatable bonds is 5. The van der Waals surface area contributed by atoms with Crippen LogP contribution >= 0.6 is 12.2 Å². The Kier molecular flexibility index (Phi) is 6.71. The molecule has 0 aliphatic heterocycles. The number of anilines is 1. The van der Waals surface area contributed by atoms with Crippen LogP contribution in [0, 0.1) is 12.7 Å². The van der Waals surface area contributed by atoms with Crippen LogP contribution in [0.25, 0.3) is 0 Å². The monoisotopic (exact) mass is 361 g/mol.